The second-order valence-corrected chi connectivity index (χ2v) is 12.2. The average Bonchev–Trinajstić information content (AvgIpc) is 3.64. The molecule has 0 saturated carbocycles. The summed E-state index contributed by atoms with van der Waals surface area (Å²) < 4.78 is 55.2. The monoisotopic (exact) mass is 660 g/mol. The third-order valence-electron chi connectivity index (χ3n) is 7.32. The first-order valence-corrected chi connectivity index (χ1v) is 14.4. The molecular formula is C34H34N6O8. The Hall–Kier alpha value is -5.92. The summed E-state index contributed by atoms with van der Waals surface area (Å²) in [6, 6.07) is 6.14. The second kappa shape index (κ2) is 11.7. The van der Waals surface area contributed by atoms with Gasteiger partial charge in [0, 0.05) is 33.3 Å². The Bertz CT molecular complexity index is 2730. The van der Waals surface area contributed by atoms with Crippen LogP contribution in [0.15, 0.2) is 46.5 Å². The fourth-order valence-electron chi connectivity index (χ4n) is 5.43. The number of imidazole rings is 2. The van der Waals surface area contributed by atoms with Crippen molar-refractivity contribution >= 4 is 56.6 Å². The first-order chi connectivity index (χ1) is 24.8. The molecule has 14 heteroatoms. The van der Waals surface area contributed by atoms with Crippen molar-refractivity contribution in [1.29, 1.82) is 0 Å². The van der Waals surface area contributed by atoms with Crippen molar-refractivity contribution in [3.05, 3.63) is 91.3 Å². The van der Waals surface area contributed by atoms with Crippen LogP contribution in [0.3, 0.4) is 0 Å². The molecule has 0 saturated heterocycles. The van der Waals surface area contributed by atoms with Gasteiger partial charge >= 0.3 is 11.9 Å². The average molecular weight is 661 g/mol. The van der Waals surface area contributed by atoms with Crippen molar-refractivity contribution in [2.45, 2.75) is 54.1 Å². The molecule has 0 fully saturated rings. The van der Waals surface area contributed by atoms with E-state index in [4.69, 9.17) is 13.0 Å². The van der Waals surface area contributed by atoms with Gasteiger partial charge in [0.25, 0.3) is 11.1 Å². The minimum Gasteiger partial charge on any atom is -0.476 e. The number of aryl methyl sites for hydroxylation is 4. The predicted octanol–water partition coefficient (Wildman–Crippen LogP) is 4.05. The Morgan fingerprint density at radius 3 is 1.54 bits per heavy atom. The highest BCUT2D eigenvalue weighted by Crippen LogP contribution is 2.24. The van der Waals surface area contributed by atoms with Crippen LogP contribution < -0.4 is 11.1 Å². The number of rotatable bonds is 4. The number of esters is 1. The molecule has 0 aliphatic carbocycles. The van der Waals surface area contributed by atoms with E-state index >= 15 is 0 Å². The zero-order valence-corrected chi connectivity index (χ0v) is 27.0. The minimum absolute atomic E-state index is 0.00293. The van der Waals surface area contributed by atoms with Crippen LogP contribution in [0, 0.1) is 13.8 Å². The van der Waals surface area contributed by atoms with Crippen LogP contribution in [0.5, 0.6) is 0 Å². The van der Waals surface area contributed by atoms with Crippen LogP contribution in [-0.2, 0) is 18.7 Å². The van der Waals surface area contributed by atoms with E-state index in [2.05, 4.69) is 9.97 Å². The molecule has 6 aromatic rings. The maximum Gasteiger partial charge on any atom is 0.361 e. The number of hydrogen-bond donors (Lipinski definition) is 1. The Balaban J connectivity index is 0.000000210. The molecular weight excluding hydrogens is 620 g/mol. The molecule has 0 atom stereocenters. The van der Waals surface area contributed by atoms with Crippen molar-refractivity contribution in [2.24, 2.45) is 14.0 Å². The summed E-state index contributed by atoms with van der Waals surface area (Å²) in [5.41, 5.74) is -2.15. The van der Waals surface area contributed by atoms with Crippen molar-refractivity contribution in [2.75, 3.05) is 0 Å². The van der Waals surface area contributed by atoms with Crippen LogP contribution in [0.4, 0.5) is 0 Å². The van der Waals surface area contributed by atoms with Gasteiger partial charge in [0.2, 0.25) is 0 Å². The predicted molar refractivity (Wildman–Crippen MR) is 177 cm³/mol. The van der Waals surface area contributed by atoms with Gasteiger partial charge in [-0.05, 0) is 83.9 Å². The smallest absolute Gasteiger partial charge is 0.361 e. The number of aromatic carboxylic acids is 1. The summed E-state index contributed by atoms with van der Waals surface area (Å²) in [6.45, 7) is 5.21. The van der Waals surface area contributed by atoms with E-state index in [9.17, 15) is 33.9 Å². The molecule has 0 bridgehead atoms. The maximum atomic E-state index is 13.2. The number of ether oxygens (including phenoxy) is 1. The second-order valence-electron chi connectivity index (χ2n) is 12.2. The number of Topliss-reactive ketones (excluding diaryl/α,β-unsaturated/α-hetero) is 2. The number of aromatic nitrogens is 6. The lowest BCUT2D eigenvalue weighted by Gasteiger charge is -2.19. The van der Waals surface area contributed by atoms with Crippen molar-refractivity contribution < 1.29 is 37.2 Å². The molecule has 0 radical (unpaired) electrons. The van der Waals surface area contributed by atoms with Crippen molar-refractivity contribution in [1.82, 2.24) is 27.9 Å². The van der Waals surface area contributed by atoms with Gasteiger partial charge in [0.05, 0.1) is 21.8 Å². The fraction of sp³-hybridized carbons (Fsp3) is 0.294. The van der Waals surface area contributed by atoms with Crippen LogP contribution in [-0.4, -0.2) is 62.1 Å². The molecule has 4 heterocycles. The van der Waals surface area contributed by atoms with Gasteiger partial charge in [-0.2, -0.15) is 0 Å². The summed E-state index contributed by atoms with van der Waals surface area (Å²) in [7, 11) is 0. The highest BCUT2D eigenvalue weighted by molar-refractivity contribution is 6.08. The standard InChI is InChI=1S/C19H21N3O4.C15H13N3O4/c1-10-7-12(11(2)23)15-13(8-10)17(24)21(6)16-14(20-9-22(15)16)18(25)26-19(3,4)5;1-7-4-9(8(2)19)12-10(5-7)14(20)17(3)13-11(15(21)22)16-6-18(12)13/h7-9H,1-6H3;4-6H,1-3H3,(H,21,22)/i6D3;3D3. The number of ketones is 2. The molecule has 0 spiro atoms. The lowest BCUT2D eigenvalue weighted by Crippen LogP contribution is -2.26. The lowest BCUT2D eigenvalue weighted by atomic mass is 10.0. The molecule has 0 aliphatic rings. The molecule has 48 heavy (non-hydrogen) atoms. The quantitative estimate of drug-likeness (QED) is 0.214. The molecule has 0 amide bonds. The van der Waals surface area contributed by atoms with E-state index in [1.165, 1.54) is 41.1 Å². The molecule has 248 valence electrons. The zero-order valence-electron chi connectivity index (χ0n) is 33.0. The Labute approximate surface area is 281 Å². The summed E-state index contributed by atoms with van der Waals surface area (Å²) in [5, 5.41) is 9.36. The molecule has 6 rings (SSSR count). The topological polar surface area (TPSA) is 176 Å². The van der Waals surface area contributed by atoms with E-state index in [1.54, 1.807) is 46.8 Å². The molecule has 0 unspecified atom stereocenters. The summed E-state index contributed by atoms with van der Waals surface area (Å²) >= 11 is 0. The number of benzene rings is 2. The first kappa shape index (κ1) is 26.2. The molecule has 1 N–H and O–H groups in total. The summed E-state index contributed by atoms with van der Waals surface area (Å²) in [5.74, 6) is -2.99. The highest BCUT2D eigenvalue weighted by Gasteiger charge is 2.26. The van der Waals surface area contributed by atoms with Gasteiger partial charge in [-0.15, -0.1) is 0 Å². The third kappa shape index (κ3) is 5.54. The number of carboxylic acid groups (broad SMARTS) is 1. The number of carboxylic acids is 1. The molecule has 2 aromatic carbocycles. The number of hydrogen-bond acceptors (Lipinski definition) is 9. The summed E-state index contributed by atoms with van der Waals surface area (Å²) in [6.07, 6.45) is 2.32. The van der Waals surface area contributed by atoms with E-state index in [-0.39, 0.29) is 55.8 Å². The van der Waals surface area contributed by atoms with Crippen molar-refractivity contribution in [3.8, 4) is 0 Å². The van der Waals surface area contributed by atoms with Gasteiger partial charge in [-0.3, -0.25) is 37.1 Å². The van der Waals surface area contributed by atoms with Crippen molar-refractivity contribution in [3.63, 3.8) is 0 Å². The highest BCUT2D eigenvalue weighted by atomic mass is 16.6. The van der Waals surface area contributed by atoms with E-state index in [0.717, 1.165) is 6.33 Å². The van der Waals surface area contributed by atoms with E-state index < -0.39 is 54.0 Å². The van der Waals surface area contributed by atoms with Crippen LogP contribution in [0.1, 0.15) is 95.7 Å². The first-order valence-electron chi connectivity index (χ1n) is 17.4. The Morgan fingerprint density at radius 1 is 0.750 bits per heavy atom. The molecule has 0 aliphatic heterocycles. The number of nitrogens with zero attached hydrogens (tertiary/aromatic N) is 6. The number of fused-ring (bicyclic) bond motifs is 6. The molecule has 4 aromatic heterocycles. The van der Waals surface area contributed by atoms with Gasteiger partial charge in [0.1, 0.15) is 18.3 Å². The Morgan fingerprint density at radius 2 is 1.17 bits per heavy atom. The Kier molecular flexibility index (Phi) is 6.39. The number of carbonyl (C=O) groups is 4. The largest absolute Gasteiger partial charge is 0.476 e. The van der Waals surface area contributed by atoms with E-state index in [1.807, 2.05) is 0 Å². The van der Waals surface area contributed by atoms with Crippen LogP contribution in [0.25, 0.3) is 33.1 Å². The number of carbonyl (C=O) groups excluding carboxylic acids is 3. The maximum absolute atomic E-state index is 13.2. The fourth-order valence-corrected chi connectivity index (χ4v) is 5.43. The SMILES string of the molecule is [2H]C([2H])([2H])n1c(=O)c2cc(C)cc(C(C)=O)c2n2cnc(C(=O)O)c12.[2H]C([2H])([2H])n1c(=O)c2cc(C)cc(C(C)=O)c2n2cnc(C(=O)OC(C)(C)C)c12. The van der Waals surface area contributed by atoms with Crippen LogP contribution in [0.2, 0.25) is 0 Å². The lowest BCUT2D eigenvalue weighted by molar-refractivity contribution is 0.00648. The summed E-state index contributed by atoms with van der Waals surface area (Å²) in [4.78, 5) is 82.1. The third-order valence-corrected chi connectivity index (χ3v) is 7.32. The van der Waals surface area contributed by atoms with Crippen LogP contribution >= 0.6 is 0 Å². The zero-order chi connectivity index (χ0) is 40.6. The van der Waals surface area contributed by atoms with E-state index in [0.29, 0.717) is 20.3 Å². The normalized spacial score (nSPS) is 14.0. The molecule has 14 nitrogen and oxygen atoms in total. The minimum atomic E-state index is -2.92. The van der Waals surface area contributed by atoms with Gasteiger partial charge < -0.3 is 9.84 Å². The van der Waals surface area contributed by atoms with Gasteiger partial charge in [-0.25, -0.2) is 19.6 Å². The van der Waals surface area contributed by atoms with Gasteiger partial charge in [0.15, 0.2) is 34.2 Å². The van der Waals surface area contributed by atoms with Gasteiger partial charge in [-0.1, -0.05) is 0 Å².